The van der Waals surface area contributed by atoms with E-state index in [1.54, 1.807) is 70.9 Å². The largest absolute Gasteiger partial charge is 0.504 e. The molecule has 36 heavy (non-hydrogen) atoms. The summed E-state index contributed by atoms with van der Waals surface area (Å²) in [6.07, 6.45) is 7.52. The number of allylic oxidation sites excluding steroid dienone is 2. The number of carbonyl (C=O) groups excluding carboxylic acids is 1. The highest BCUT2D eigenvalue weighted by atomic mass is 16.5. The Morgan fingerprint density at radius 1 is 0.778 bits per heavy atom. The lowest BCUT2D eigenvalue weighted by molar-refractivity contribution is 0.104. The van der Waals surface area contributed by atoms with E-state index >= 15 is 0 Å². The summed E-state index contributed by atoms with van der Waals surface area (Å²) >= 11 is 0. The van der Waals surface area contributed by atoms with E-state index in [0.717, 1.165) is 16.7 Å². The lowest BCUT2D eigenvalue weighted by atomic mass is 10.0. The van der Waals surface area contributed by atoms with Gasteiger partial charge in [0, 0.05) is 5.56 Å². The molecule has 3 aromatic rings. The molecule has 3 aromatic carbocycles. The quantitative estimate of drug-likeness (QED) is 0.213. The number of hydrogen-bond donors (Lipinski definition) is 1. The number of phenolic OH excluding ortho intramolecular Hbond substituents is 1. The molecule has 0 unspecified atom stereocenters. The standard InChI is InChI=1S/C29H30O7/c1-32-23-13-11-20(12-14-23)24(30)8-6-7-21-18-26(33-2)25(31)17-22(21)10-9-19-15-27(34-3)29(36-5)28(16-19)35-4/h6,8-18,31H,7H2,1-5H3/b8-6-,10-9-. The minimum atomic E-state index is -0.113. The fourth-order valence-corrected chi connectivity index (χ4v) is 3.65. The normalized spacial score (nSPS) is 11.0. The number of ketones is 1. The SMILES string of the molecule is COc1ccc(C(=O)/C=C\Cc2cc(OC)c(O)cc2/C=C\c2cc(OC)c(OC)c(OC)c2)cc1. The maximum atomic E-state index is 12.5. The minimum absolute atomic E-state index is 0.0177. The van der Waals surface area contributed by atoms with Crippen LogP contribution in [0.3, 0.4) is 0 Å². The molecule has 0 atom stereocenters. The van der Waals surface area contributed by atoms with E-state index in [2.05, 4.69) is 0 Å². The topological polar surface area (TPSA) is 83.5 Å². The van der Waals surface area contributed by atoms with Gasteiger partial charge < -0.3 is 28.8 Å². The highest BCUT2D eigenvalue weighted by Gasteiger charge is 2.13. The monoisotopic (exact) mass is 490 g/mol. The second kappa shape index (κ2) is 12.4. The van der Waals surface area contributed by atoms with E-state index in [1.165, 1.54) is 13.2 Å². The van der Waals surface area contributed by atoms with Crippen LogP contribution < -0.4 is 23.7 Å². The highest BCUT2D eigenvalue weighted by Crippen LogP contribution is 2.39. The third-order valence-corrected chi connectivity index (χ3v) is 5.56. The van der Waals surface area contributed by atoms with Crippen LogP contribution in [0.2, 0.25) is 0 Å². The van der Waals surface area contributed by atoms with E-state index in [9.17, 15) is 9.90 Å². The zero-order chi connectivity index (χ0) is 26.1. The second-order valence-corrected chi connectivity index (χ2v) is 7.71. The van der Waals surface area contributed by atoms with Crippen LogP contribution in [0.4, 0.5) is 0 Å². The molecule has 0 radical (unpaired) electrons. The first-order valence-electron chi connectivity index (χ1n) is 11.2. The summed E-state index contributed by atoms with van der Waals surface area (Å²) in [6, 6.07) is 14.0. The molecule has 0 aliphatic carbocycles. The van der Waals surface area contributed by atoms with Crippen LogP contribution in [0.5, 0.6) is 34.5 Å². The van der Waals surface area contributed by atoms with Gasteiger partial charge in [0.2, 0.25) is 5.75 Å². The van der Waals surface area contributed by atoms with Gasteiger partial charge >= 0.3 is 0 Å². The molecule has 0 aliphatic heterocycles. The Bertz CT molecular complexity index is 1230. The molecule has 0 aromatic heterocycles. The first-order valence-corrected chi connectivity index (χ1v) is 11.2. The Balaban J connectivity index is 1.88. The van der Waals surface area contributed by atoms with Crippen molar-refractivity contribution in [3.8, 4) is 34.5 Å². The van der Waals surface area contributed by atoms with Crippen molar-refractivity contribution in [1.29, 1.82) is 0 Å². The van der Waals surface area contributed by atoms with Gasteiger partial charge in [-0.15, -0.1) is 0 Å². The number of rotatable bonds is 11. The van der Waals surface area contributed by atoms with Gasteiger partial charge in [0.05, 0.1) is 35.5 Å². The molecule has 0 heterocycles. The molecule has 188 valence electrons. The van der Waals surface area contributed by atoms with Crippen molar-refractivity contribution < 1.29 is 33.6 Å². The Morgan fingerprint density at radius 3 is 1.97 bits per heavy atom. The molecule has 7 heteroatoms. The number of hydrogen-bond acceptors (Lipinski definition) is 7. The van der Waals surface area contributed by atoms with Crippen molar-refractivity contribution in [2.75, 3.05) is 35.5 Å². The predicted octanol–water partition coefficient (Wildman–Crippen LogP) is 5.59. The molecule has 0 saturated heterocycles. The number of phenols is 1. The average molecular weight is 491 g/mol. The van der Waals surface area contributed by atoms with Crippen molar-refractivity contribution in [2.24, 2.45) is 0 Å². The van der Waals surface area contributed by atoms with E-state index in [-0.39, 0.29) is 11.5 Å². The number of carbonyl (C=O) groups is 1. The molecule has 0 saturated carbocycles. The van der Waals surface area contributed by atoms with E-state index in [0.29, 0.717) is 40.7 Å². The Labute approximate surface area is 211 Å². The summed E-state index contributed by atoms with van der Waals surface area (Å²) in [6.45, 7) is 0. The smallest absolute Gasteiger partial charge is 0.203 e. The fourth-order valence-electron chi connectivity index (χ4n) is 3.65. The Morgan fingerprint density at radius 2 is 1.42 bits per heavy atom. The van der Waals surface area contributed by atoms with Crippen molar-refractivity contribution >= 4 is 17.9 Å². The van der Waals surface area contributed by atoms with E-state index in [1.807, 2.05) is 24.3 Å². The van der Waals surface area contributed by atoms with Crippen molar-refractivity contribution in [2.45, 2.75) is 6.42 Å². The summed E-state index contributed by atoms with van der Waals surface area (Å²) < 4.78 is 26.7. The summed E-state index contributed by atoms with van der Waals surface area (Å²) in [5.41, 5.74) is 3.02. The van der Waals surface area contributed by atoms with Crippen molar-refractivity contribution in [3.63, 3.8) is 0 Å². The number of methoxy groups -OCH3 is 5. The fraction of sp³-hybridized carbons (Fsp3) is 0.207. The number of benzene rings is 3. The average Bonchev–Trinajstić information content (AvgIpc) is 2.91. The molecule has 3 rings (SSSR count). The maximum absolute atomic E-state index is 12.5. The van der Waals surface area contributed by atoms with Gasteiger partial charge in [0.25, 0.3) is 0 Å². The lowest BCUT2D eigenvalue weighted by Crippen LogP contribution is -1.96. The molecule has 0 spiro atoms. The molecular weight excluding hydrogens is 460 g/mol. The van der Waals surface area contributed by atoms with Crippen LogP contribution in [0.25, 0.3) is 12.2 Å². The maximum Gasteiger partial charge on any atom is 0.203 e. The molecule has 0 amide bonds. The summed E-state index contributed by atoms with van der Waals surface area (Å²) in [7, 11) is 7.74. The predicted molar refractivity (Wildman–Crippen MR) is 140 cm³/mol. The summed E-state index contributed by atoms with van der Waals surface area (Å²) in [5, 5.41) is 10.4. The van der Waals surface area contributed by atoms with Gasteiger partial charge in [0.15, 0.2) is 28.8 Å². The van der Waals surface area contributed by atoms with E-state index < -0.39 is 0 Å². The first kappa shape index (κ1) is 26.2. The molecule has 7 nitrogen and oxygen atoms in total. The van der Waals surface area contributed by atoms with Gasteiger partial charge in [0.1, 0.15) is 5.75 Å². The van der Waals surface area contributed by atoms with Crippen LogP contribution in [0.15, 0.2) is 60.7 Å². The minimum Gasteiger partial charge on any atom is -0.504 e. The van der Waals surface area contributed by atoms with Crippen LogP contribution in [-0.4, -0.2) is 46.4 Å². The van der Waals surface area contributed by atoms with Crippen LogP contribution in [-0.2, 0) is 6.42 Å². The van der Waals surface area contributed by atoms with Gasteiger partial charge in [-0.1, -0.05) is 18.2 Å². The molecule has 1 N–H and O–H groups in total. The highest BCUT2D eigenvalue weighted by molar-refractivity contribution is 6.04. The van der Waals surface area contributed by atoms with E-state index in [4.69, 9.17) is 23.7 Å². The Hall–Kier alpha value is -4.39. The zero-order valence-electron chi connectivity index (χ0n) is 21.0. The molecule has 0 fully saturated rings. The van der Waals surface area contributed by atoms with Crippen LogP contribution >= 0.6 is 0 Å². The molecule has 0 aliphatic rings. The lowest BCUT2D eigenvalue weighted by Gasteiger charge is -2.13. The number of aromatic hydroxyl groups is 1. The van der Waals surface area contributed by atoms with Gasteiger partial charge in [-0.05, 0) is 77.7 Å². The van der Waals surface area contributed by atoms with Crippen molar-refractivity contribution in [3.05, 3.63) is 82.9 Å². The third kappa shape index (κ3) is 6.18. The van der Waals surface area contributed by atoms with Gasteiger partial charge in [-0.2, -0.15) is 0 Å². The third-order valence-electron chi connectivity index (χ3n) is 5.56. The van der Waals surface area contributed by atoms with Crippen molar-refractivity contribution in [1.82, 2.24) is 0 Å². The summed E-state index contributed by atoms with van der Waals surface area (Å²) in [4.78, 5) is 12.5. The molecular formula is C29H30O7. The van der Waals surface area contributed by atoms with Gasteiger partial charge in [-0.3, -0.25) is 4.79 Å². The zero-order valence-corrected chi connectivity index (χ0v) is 21.0. The summed E-state index contributed by atoms with van der Waals surface area (Å²) in [5.74, 6) is 2.53. The second-order valence-electron chi connectivity index (χ2n) is 7.71. The number of ether oxygens (including phenoxy) is 5. The van der Waals surface area contributed by atoms with Crippen LogP contribution in [0, 0.1) is 0 Å². The van der Waals surface area contributed by atoms with Crippen LogP contribution in [0.1, 0.15) is 27.0 Å². The molecule has 0 bridgehead atoms. The first-order chi connectivity index (χ1) is 17.4. The Kier molecular flexibility index (Phi) is 9.00. The van der Waals surface area contributed by atoms with Gasteiger partial charge in [-0.25, -0.2) is 0 Å².